The molecule has 0 unspecified atom stereocenters. The van der Waals surface area contributed by atoms with Crippen LogP contribution in [0.1, 0.15) is 26.3 Å². The van der Waals surface area contributed by atoms with Crippen LogP contribution in [0.4, 0.5) is 10.1 Å². The molecule has 4 rings (SSSR count). The van der Waals surface area contributed by atoms with Gasteiger partial charge in [0.05, 0.1) is 53.2 Å². The highest BCUT2D eigenvalue weighted by atomic mass is 19.1. The van der Waals surface area contributed by atoms with Gasteiger partial charge >= 0.3 is 0 Å². The van der Waals surface area contributed by atoms with Crippen molar-refractivity contribution in [3.8, 4) is 22.9 Å². The average Bonchev–Trinajstić information content (AvgIpc) is 3.30. The lowest BCUT2D eigenvalue weighted by atomic mass is 10.0. The molecular weight excluding hydrogens is 385 g/mol. The highest BCUT2D eigenvalue weighted by Gasteiger charge is 2.19. The lowest BCUT2D eigenvalue weighted by Gasteiger charge is -2.11. The van der Waals surface area contributed by atoms with Gasteiger partial charge in [0.25, 0.3) is 0 Å². The normalized spacial score (nSPS) is 11.9. The number of pyridine rings is 1. The lowest BCUT2D eigenvalue weighted by molar-refractivity contribution is 0.340. The van der Waals surface area contributed by atoms with E-state index >= 15 is 0 Å². The van der Waals surface area contributed by atoms with E-state index in [2.05, 4.69) is 20.1 Å². The van der Waals surface area contributed by atoms with E-state index in [-0.39, 0.29) is 11.4 Å². The molecule has 8 heteroatoms. The first-order valence-electron chi connectivity index (χ1n) is 9.72. The number of nitrogens with zero attached hydrogens (tertiary/aromatic N) is 4. The van der Waals surface area contributed by atoms with Gasteiger partial charge in [-0.25, -0.2) is 9.38 Å². The average molecular weight is 407 g/mol. The van der Waals surface area contributed by atoms with Gasteiger partial charge in [-0.05, 0) is 39.0 Å². The zero-order valence-corrected chi connectivity index (χ0v) is 17.0. The molecule has 1 aromatic carbocycles. The van der Waals surface area contributed by atoms with E-state index in [4.69, 9.17) is 4.74 Å². The molecule has 0 aliphatic heterocycles. The predicted octanol–water partition coefficient (Wildman–Crippen LogP) is 4.83. The van der Waals surface area contributed by atoms with Crippen LogP contribution in [0.3, 0.4) is 0 Å². The van der Waals surface area contributed by atoms with Crippen molar-refractivity contribution in [3.63, 3.8) is 0 Å². The highest BCUT2D eigenvalue weighted by Crippen LogP contribution is 2.35. The fraction of sp³-hybridized carbons (Fsp3) is 0.227. The Kier molecular flexibility index (Phi) is 5.22. The topological polar surface area (TPSA) is 88.3 Å². The molecule has 0 aliphatic rings. The van der Waals surface area contributed by atoms with E-state index in [0.29, 0.717) is 45.9 Å². The molecule has 3 heterocycles. The summed E-state index contributed by atoms with van der Waals surface area (Å²) in [6.45, 7) is 6.79. The van der Waals surface area contributed by atoms with E-state index < -0.39 is 5.82 Å². The van der Waals surface area contributed by atoms with Crippen LogP contribution in [-0.2, 0) is 6.54 Å². The molecule has 3 aromatic heterocycles. The number of aromatic nitrogens is 4. The number of fused-ring (bicyclic) bond motifs is 1. The maximum absolute atomic E-state index is 14.6. The van der Waals surface area contributed by atoms with Crippen LogP contribution < -0.4 is 4.74 Å². The Morgan fingerprint density at radius 2 is 2.13 bits per heavy atom. The molecule has 154 valence electrons. The molecular formula is C22H22FN5O2. The number of aryl methyl sites for hydroxylation is 1. The van der Waals surface area contributed by atoms with Crippen molar-refractivity contribution >= 4 is 22.3 Å². The molecule has 0 spiro atoms. The van der Waals surface area contributed by atoms with Crippen molar-refractivity contribution in [2.75, 3.05) is 6.61 Å². The van der Waals surface area contributed by atoms with Crippen molar-refractivity contribution in [1.82, 2.24) is 19.7 Å². The summed E-state index contributed by atoms with van der Waals surface area (Å²) in [5.41, 5.74) is 3.14. The Bertz CT molecular complexity index is 1240. The molecule has 0 radical (unpaired) electrons. The number of aromatic hydroxyl groups is 1. The summed E-state index contributed by atoms with van der Waals surface area (Å²) in [7, 11) is 0. The van der Waals surface area contributed by atoms with Crippen molar-refractivity contribution in [2.45, 2.75) is 27.3 Å². The quantitative estimate of drug-likeness (QED) is 0.448. The number of hydrogen-bond acceptors (Lipinski definition) is 5. The maximum atomic E-state index is 14.6. The minimum absolute atomic E-state index is 0.0216. The number of halogens is 1. The number of benzene rings is 1. The zero-order valence-electron chi connectivity index (χ0n) is 17.0. The maximum Gasteiger partial charge on any atom is 0.198 e. The summed E-state index contributed by atoms with van der Waals surface area (Å²) in [6, 6.07) is 6.41. The van der Waals surface area contributed by atoms with Gasteiger partial charge in [-0.1, -0.05) is 6.07 Å². The van der Waals surface area contributed by atoms with Gasteiger partial charge < -0.3 is 14.8 Å². The van der Waals surface area contributed by atoms with Gasteiger partial charge in [-0.2, -0.15) is 5.10 Å². The summed E-state index contributed by atoms with van der Waals surface area (Å²) in [5.74, 6) is -0.0267. The molecule has 4 aromatic rings. The van der Waals surface area contributed by atoms with E-state index in [9.17, 15) is 9.50 Å². The van der Waals surface area contributed by atoms with Crippen LogP contribution >= 0.6 is 0 Å². The van der Waals surface area contributed by atoms with E-state index in [1.807, 2.05) is 20.0 Å². The number of hydrogen-bond donors (Lipinski definition) is 2. The summed E-state index contributed by atoms with van der Waals surface area (Å²) in [6.07, 6.45) is 5.06. The molecule has 0 fully saturated rings. The molecule has 0 aliphatic carbocycles. The SMILES string of the molecule is CCOc1cccc(F)c1-c1cc2c(C(C)=Nc3cnn(CC)c3)c(O)[nH]c2cn1. The van der Waals surface area contributed by atoms with Crippen LogP contribution in [0.2, 0.25) is 0 Å². The Balaban J connectivity index is 1.85. The molecule has 0 saturated carbocycles. The number of ether oxygens (including phenoxy) is 1. The smallest absolute Gasteiger partial charge is 0.198 e. The highest BCUT2D eigenvalue weighted by molar-refractivity contribution is 6.13. The van der Waals surface area contributed by atoms with Gasteiger partial charge in [0.1, 0.15) is 17.3 Å². The molecule has 2 N–H and O–H groups in total. The number of nitrogens with one attached hydrogen (secondary N) is 1. The fourth-order valence-corrected chi connectivity index (χ4v) is 3.44. The van der Waals surface area contributed by atoms with Crippen LogP contribution in [0.25, 0.3) is 22.2 Å². The number of aliphatic imine (C=N–C) groups is 1. The van der Waals surface area contributed by atoms with Gasteiger partial charge in [0, 0.05) is 11.9 Å². The summed E-state index contributed by atoms with van der Waals surface area (Å²) in [4.78, 5) is 11.9. The zero-order chi connectivity index (χ0) is 21.3. The third-order valence-corrected chi connectivity index (χ3v) is 4.80. The number of rotatable bonds is 6. The summed E-state index contributed by atoms with van der Waals surface area (Å²) >= 11 is 0. The van der Waals surface area contributed by atoms with E-state index in [0.717, 1.165) is 6.54 Å². The van der Waals surface area contributed by atoms with Crippen molar-refractivity contribution in [2.24, 2.45) is 4.99 Å². The van der Waals surface area contributed by atoms with Crippen LogP contribution in [-0.4, -0.2) is 37.2 Å². The first kappa shape index (κ1) is 19.6. The summed E-state index contributed by atoms with van der Waals surface area (Å²) in [5, 5.41) is 15.4. The Labute approximate surface area is 172 Å². The van der Waals surface area contributed by atoms with E-state index in [1.54, 1.807) is 42.2 Å². The molecule has 7 nitrogen and oxygen atoms in total. The third kappa shape index (κ3) is 3.52. The predicted molar refractivity (Wildman–Crippen MR) is 114 cm³/mol. The lowest BCUT2D eigenvalue weighted by Crippen LogP contribution is -1.98. The van der Waals surface area contributed by atoms with Gasteiger partial charge in [0.2, 0.25) is 0 Å². The van der Waals surface area contributed by atoms with Crippen LogP contribution in [0.15, 0.2) is 47.8 Å². The second-order valence-corrected chi connectivity index (χ2v) is 6.76. The minimum Gasteiger partial charge on any atom is -0.494 e. The van der Waals surface area contributed by atoms with Gasteiger partial charge in [-0.3, -0.25) is 9.67 Å². The Morgan fingerprint density at radius 3 is 2.87 bits per heavy atom. The molecule has 0 atom stereocenters. The monoisotopic (exact) mass is 407 g/mol. The number of H-pyrrole nitrogens is 1. The van der Waals surface area contributed by atoms with Crippen LogP contribution in [0, 0.1) is 5.82 Å². The fourth-order valence-electron chi connectivity index (χ4n) is 3.44. The second kappa shape index (κ2) is 7.98. The standard InChI is InChI=1S/C22H22FN5O2/c1-4-28-12-14(10-25-28)26-13(3)20-15-9-17(24-11-18(15)27-22(20)29)21-16(23)7-6-8-19(21)30-5-2/h6-12,27,29H,4-5H2,1-3H3. The minimum atomic E-state index is -0.425. The summed E-state index contributed by atoms with van der Waals surface area (Å²) < 4.78 is 22.0. The van der Waals surface area contributed by atoms with Crippen molar-refractivity contribution in [1.29, 1.82) is 0 Å². The molecule has 30 heavy (non-hydrogen) atoms. The van der Waals surface area contributed by atoms with Crippen molar-refractivity contribution in [3.05, 3.63) is 54.2 Å². The van der Waals surface area contributed by atoms with Gasteiger partial charge in [0.15, 0.2) is 5.88 Å². The third-order valence-electron chi connectivity index (χ3n) is 4.80. The first-order valence-corrected chi connectivity index (χ1v) is 9.72. The second-order valence-electron chi connectivity index (χ2n) is 6.76. The Hall–Kier alpha value is -3.68. The largest absolute Gasteiger partial charge is 0.494 e. The van der Waals surface area contributed by atoms with Crippen molar-refractivity contribution < 1.29 is 14.2 Å². The van der Waals surface area contributed by atoms with Crippen LogP contribution in [0.5, 0.6) is 11.6 Å². The number of aromatic amines is 1. The Morgan fingerprint density at radius 1 is 1.30 bits per heavy atom. The first-order chi connectivity index (χ1) is 14.5. The van der Waals surface area contributed by atoms with Gasteiger partial charge in [-0.15, -0.1) is 0 Å². The molecule has 0 amide bonds. The van der Waals surface area contributed by atoms with E-state index in [1.165, 1.54) is 6.07 Å². The molecule has 0 bridgehead atoms. The molecule has 0 saturated heterocycles.